The van der Waals surface area contributed by atoms with Gasteiger partial charge in [-0.25, -0.2) is 9.59 Å². The first-order valence-corrected chi connectivity index (χ1v) is 16.4. The molecule has 15 heteroatoms. The van der Waals surface area contributed by atoms with Crippen LogP contribution in [-0.2, 0) is 16.8 Å². The quantitative estimate of drug-likeness (QED) is 0.111. The second kappa shape index (κ2) is 17.2. The first-order valence-electron chi connectivity index (χ1n) is 15.6. The van der Waals surface area contributed by atoms with Gasteiger partial charge < -0.3 is 20.4 Å². The third-order valence-electron chi connectivity index (χ3n) is 7.92. The molecule has 2 heterocycles. The van der Waals surface area contributed by atoms with Gasteiger partial charge in [0.1, 0.15) is 0 Å². The fourth-order valence-electron chi connectivity index (χ4n) is 5.28. The van der Waals surface area contributed by atoms with E-state index in [0.29, 0.717) is 66.4 Å². The Bertz CT molecular complexity index is 2220. The van der Waals surface area contributed by atoms with Crippen LogP contribution in [0.3, 0.4) is 0 Å². The van der Waals surface area contributed by atoms with Crippen molar-refractivity contribution in [3.63, 3.8) is 0 Å². The van der Waals surface area contributed by atoms with Crippen LogP contribution in [0.25, 0.3) is 11.4 Å². The largest absolute Gasteiger partial charge is 0.493 e. The minimum absolute atomic E-state index is 0. The van der Waals surface area contributed by atoms with Gasteiger partial charge in [-0.1, -0.05) is 71.7 Å². The Morgan fingerprint density at radius 3 is 1.30 bits per heavy atom. The minimum Gasteiger partial charge on any atom is -0.493 e. The molecule has 12 nitrogen and oxygen atoms in total. The molecule has 0 aliphatic carbocycles. The number of nitrogens with zero attached hydrogens (tertiary/aromatic N) is 6. The van der Waals surface area contributed by atoms with Crippen LogP contribution in [0.4, 0.5) is 11.4 Å². The summed E-state index contributed by atoms with van der Waals surface area (Å²) >= 11 is 12.3. The van der Waals surface area contributed by atoms with Crippen LogP contribution >= 0.6 is 23.2 Å². The van der Waals surface area contributed by atoms with Gasteiger partial charge in [0.25, 0.3) is 0 Å². The van der Waals surface area contributed by atoms with E-state index >= 15 is 0 Å². The molecule has 6 aromatic rings. The van der Waals surface area contributed by atoms with Crippen LogP contribution in [0, 0.1) is 27.7 Å². The molecule has 0 saturated carbocycles. The number of aliphatic imine (C=N–C) groups is 2. The number of carboxylic acids is 2. The molecule has 53 heavy (non-hydrogen) atoms. The summed E-state index contributed by atoms with van der Waals surface area (Å²) in [6.07, 6.45) is 2.82. The van der Waals surface area contributed by atoms with Crippen LogP contribution < -0.4 is 0 Å². The van der Waals surface area contributed by atoms with Crippen molar-refractivity contribution < 1.29 is 46.8 Å². The molecule has 273 valence electrons. The van der Waals surface area contributed by atoms with Crippen molar-refractivity contribution in [2.45, 2.75) is 27.7 Å². The standard InChI is InChI=1S/2C19H16ClN3O3.Co/c2*1-11-6-5-8-15(17(11)19(25)26)21-10-13-12(2)22-23(18(13)24)16-9-4-3-7-14(16)20;/h2*3-10,24H,1-2H3,(H,25,26);. The Morgan fingerprint density at radius 1 is 0.604 bits per heavy atom. The number of hydrogen-bond acceptors (Lipinski definition) is 8. The number of para-hydroxylation sites is 2. The van der Waals surface area contributed by atoms with E-state index in [1.54, 1.807) is 113 Å². The van der Waals surface area contributed by atoms with Gasteiger partial charge in [0.05, 0.1) is 66.4 Å². The van der Waals surface area contributed by atoms with Crippen molar-refractivity contribution in [2.75, 3.05) is 0 Å². The molecule has 0 aliphatic rings. The third kappa shape index (κ3) is 8.67. The van der Waals surface area contributed by atoms with Gasteiger partial charge in [0, 0.05) is 29.2 Å². The molecule has 4 aromatic carbocycles. The van der Waals surface area contributed by atoms with E-state index in [-0.39, 0.29) is 39.7 Å². The van der Waals surface area contributed by atoms with Crippen molar-refractivity contribution >= 4 is 58.9 Å². The monoisotopic (exact) mass is 797 g/mol. The van der Waals surface area contributed by atoms with Gasteiger partial charge in [-0.3, -0.25) is 9.98 Å². The molecule has 0 aliphatic heterocycles. The predicted octanol–water partition coefficient (Wildman–Crippen LogP) is 8.59. The maximum absolute atomic E-state index is 11.5. The van der Waals surface area contributed by atoms with Crippen molar-refractivity contribution in [1.29, 1.82) is 0 Å². The Morgan fingerprint density at radius 2 is 0.962 bits per heavy atom. The number of halogens is 2. The molecule has 4 N–H and O–H groups in total. The summed E-state index contributed by atoms with van der Waals surface area (Å²) in [6, 6.07) is 24.1. The van der Waals surface area contributed by atoms with Crippen molar-refractivity contribution in [2.24, 2.45) is 9.98 Å². The average molecular weight is 799 g/mol. The van der Waals surface area contributed by atoms with E-state index in [4.69, 9.17) is 23.2 Å². The summed E-state index contributed by atoms with van der Waals surface area (Å²) in [6.45, 7) is 6.87. The van der Waals surface area contributed by atoms with E-state index in [1.807, 2.05) is 0 Å². The molecular weight excluding hydrogens is 766 g/mol. The fraction of sp³-hybridized carbons (Fsp3) is 0.105. The second-order valence-electron chi connectivity index (χ2n) is 11.4. The van der Waals surface area contributed by atoms with Crippen LogP contribution in [-0.4, -0.2) is 64.4 Å². The van der Waals surface area contributed by atoms with E-state index in [1.165, 1.54) is 21.8 Å². The summed E-state index contributed by atoms with van der Waals surface area (Å²) < 4.78 is 2.65. The number of aromatic carboxylic acids is 2. The summed E-state index contributed by atoms with van der Waals surface area (Å²) in [5.41, 5.74) is 5.02. The second-order valence-corrected chi connectivity index (χ2v) is 12.3. The smallest absolute Gasteiger partial charge is 0.338 e. The molecular formula is C38H32Cl2CoN6O6. The zero-order valence-corrected chi connectivity index (χ0v) is 31.2. The average Bonchev–Trinajstić information content (AvgIpc) is 3.54. The van der Waals surface area contributed by atoms with E-state index < -0.39 is 11.9 Å². The molecule has 0 fully saturated rings. The van der Waals surface area contributed by atoms with Gasteiger partial charge in [-0.05, 0) is 75.2 Å². The molecule has 0 unspecified atom stereocenters. The minimum atomic E-state index is -1.05. The number of aromatic hydroxyl groups is 2. The number of hydrogen-bond donors (Lipinski definition) is 4. The number of benzene rings is 4. The molecule has 0 amide bonds. The number of rotatable bonds is 8. The van der Waals surface area contributed by atoms with Crippen LogP contribution in [0.1, 0.15) is 54.4 Å². The predicted molar refractivity (Wildman–Crippen MR) is 201 cm³/mol. The molecule has 6 rings (SSSR count). The molecule has 0 atom stereocenters. The maximum atomic E-state index is 11.5. The Labute approximate surface area is 324 Å². The SMILES string of the molecule is Cc1cccc(N=Cc2c(C)nn(-c3ccccc3Cl)c2O)c1C(=O)O.Cc1cccc(N=Cc2c(C)nn(-c3ccccc3Cl)c2O)c1C(=O)O.[Co]. The zero-order valence-electron chi connectivity index (χ0n) is 28.6. The van der Waals surface area contributed by atoms with Crippen molar-refractivity contribution in [3.8, 4) is 23.1 Å². The van der Waals surface area contributed by atoms with Gasteiger partial charge >= 0.3 is 11.9 Å². The molecule has 2 aromatic heterocycles. The summed E-state index contributed by atoms with van der Waals surface area (Å²) in [5, 5.41) is 49.3. The van der Waals surface area contributed by atoms with Crippen molar-refractivity contribution in [1.82, 2.24) is 19.6 Å². The van der Waals surface area contributed by atoms with Gasteiger partial charge in [-0.15, -0.1) is 0 Å². The van der Waals surface area contributed by atoms with Gasteiger partial charge in [0.2, 0.25) is 11.8 Å². The van der Waals surface area contributed by atoms with Crippen LogP contribution in [0.2, 0.25) is 10.0 Å². The third-order valence-corrected chi connectivity index (χ3v) is 8.56. The van der Waals surface area contributed by atoms with Gasteiger partial charge in [-0.2, -0.15) is 19.6 Å². The van der Waals surface area contributed by atoms with Crippen LogP contribution in [0.5, 0.6) is 11.8 Å². The number of carboxylic acid groups (broad SMARTS) is 2. The number of aromatic nitrogens is 4. The molecule has 1 radical (unpaired) electrons. The number of carbonyl (C=O) groups is 2. The Balaban J connectivity index is 0.000000232. The Hall–Kier alpha value is -5.73. The number of aryl methyl sites for hydroxylation is 4. The fourth-order valence-corrected chi connectivity index (χ4v) is 5.72. The molecule has 0 bridgehead atoms. The molecule has 0 saturated heterocycles. The maximum Gasteiger partial charge on any atom is 0.338 e. The van der Waals surface area contributed by atoms with Crippen molar-refractivity contribution in [3.05, 3.63) is 140 Å². The first kappa shape index (κ1) is 40.0. The topological polar surface area (TPSA) is 175 Å². The molecule has 0 spiro atoms. The first-order chi connectivity index (χ1) is 24.8. The van der Waals surface area contributed by atoms with E-state index in [2.05, 4.69) is 20.2 Å². The van der Waals surface area contributed by atoms with E-state index in [9.17, 15) is 30.0 Å². The summed E-state index contributed by atoms with van der Waals surface area (Å²) in [7, 11) is 0. The zero-order chi connectivity index (χ0) is 37.7. The van der Waals surface area contributed by atoms with Crippen LogP contribution in [0.15, 0.2) is 94.9 Å². The van der Waals surface area contributed by atoms with Gasteiger partial charge in [0.15, 0.2) is 0 Å². The summed E-state index contributed by atoms with van der Waals surface area (Å²) in [5.74, 6) is -2.35. The summed E-state index contributed by atoms with van der Waals surface area (Å²) in [4.78, 5) is 31.4. The Kier molecular flexibility index (Phi) is 13.0. The normalized spacial score (nSPS) is 11.0. The van der Waals surface area contributed by atoms with E-state index in [0.717, 1.165) is 0 Å².